The summed E-state index contributed by atoms with van der Waals surface area (Å²) < 4.78 is 5.70. The van der Waals surface area contributed by atoms with Gasteiger partial charge in [0, 0.05) is 37.3 Å². The molecule has 18 heavy (non-hydrogen) atoms. The molecule has 0 bridgehead atoms. The third-order valence-electron chi connectivity index (χ3n) is 4.85. The fraction of sp³-hybridized carbons (Fsp3) is 1.00. The Labute approximate surface area is 112 Å². The lowest BCUT2D eigenvalue weighted by Gasteiger charge is -2.51. The van der Waals surface area contributed by atoms with Crippen molar-refractivity contribution in [1.29, 1.82) is 0 Å². The molecular formula is C15H30N2O. The van der Waals surface area contributed by atoms with Crippen molar-refractivity contribution in [1.82, 2.24) is 10.2 Å². The van der Waals surface area contributed by atoms with E-state index in [-0.39, 0.29) is 5.54 Å². The van der Waals surface area contributed by atoms with Gasteiger partial charge < -0.3 is 10.1 Å². The van der Waals surface area contributed by atoms with E-state index in [1.165, 1.54) is 25.8 Å². The Morgan fingerprint density at radius 3 is 2.78 bits per heavy atom. The molecule has 0 spiro atoms. The topological polar surface area (TPSA) is 24.5 Å². The van der Waals surface area contributed by atoms with Gasteiger partial charge in [0.25, 0.3) is 0 Å². The van der Waals surface area contributed by atoms with Gasteiger partial charge in [-0.25, -0.2) is 0 Å². The Morgan fingerprint density at radius 1 is 1.44 bits per heavy atom. The van der Waals surface area contributed by atoms with Crippen LogP contribution in [-0.2, 0) is 4.74 Å². The molecular weight excluding hydrogens is 224 g/mol. The van der Waals surface area contributed by atoms with Gasteiger partial charge in [-0.1, -0.05) is 20.8 Å². The Hall–Kier alpha value is -0.120. The lowest BCUT2D eigenvalue weighted by Crippen LogP contribution is -2.66. The molecule has 2 aliphatic heterocycles. The Kier molecular flexibility index (Phi) is 4.68. The maximum Gasteiger partial charge on any atom is 0.0621 e. The van der Waals surface area contributed by atoms with Gasteiger partial charge in [-0.3, -0.25) is 4.90 Å². The van der Waals surface area contributed by atoms with E-state index in [4.69, 9.17) is 4.74 Å². The summed E-state index contributed by atoms with van der Waals surface area (Å²) >= 11 is 0. The molecule has 0 aliphatic carbocycles. The summed E-state index contributed by atoms with van der Waals surface area (Å²) in [5.74, 6) is 0.709. The quantitative estimate of drug-likeness (QED) is 0.836. The van der Waals surface area contributed by atoms with E-state index in [0.717, 1.165) is 19.8 Å². The molecule has 3 unspecified atom stereocenters. The summed E-state index contributed by atoms with van der Waals surface area (Å²) in [4.78, 5) is 2.74. The van der Waals surface area contributed by atoms with Gasteiger partial charge in [-0.15, -0.1) is 0 Å². The second-order valence-electron chi connectivity index (χ2n) is 6.65. The van der Waals surface area contributed by atoms with Crippen molar-refractivity contribution < 1.29 is 4.74 Å². The fourth-order valence-corrected chi connectivity index (χ4v) is 3.28. The third-order valence-corrected chi connectivity index (χ3v) is 4.85. The molecule has 2 aliphatic rings. The van der Waals surface area contributed by atoms with Gasteiger partial charge in [0.15, 0.2) is 0 Å². The van der Waals surface area contributed by atoms with Crippen LogP contribution in [0.3, 0.4) is 0 Å². The maximum absolute atomic E-state index is 5.70. The second kappa shape index (κ2) is 5.89. The zero-order valence-electron chi connectivity index (χ0n) is 12.5. The number of hydrogen-bond donors (Lipinski definition) is 1. The average Bonchev–Trinajstić information content (AvgIpc) is 2.39. The first-order valence-electron chi connectivity index (χ1n) is 7.64. The number of piperazine rings is 1. The molecule has 106 valence electrons. The number of nitrogens with one attached hydrogen (secondary N) is 1. The number of nitrogens with zero attached hydrogens (tertiary/aromatic N) is 1. The standard InChI is InChI=1S/C15H30N2O/c1-5-15(4)11-17(13-7-6-8-18-10-13)14(9-16-15)12(2)3/h12-14,16H,5-11H2,1-4H3. The van der Waals surface area contributed by atoms with Crippen LogP contribution in [0.25, 0.3) is 0 Å². The molecule has 2 rings (SSSR count). The van der Waals surface area contributed by atoms with Crippen molar-refractivity contribution in [3.63, 3.8) is 0 Å². The van der Waals surface area contributed by atoms with E-state index in [0.29, 0.717) is 18.0 Å². The predicted molar refractivity (Wildman–Crippen MR) is 75.9 cm³/mol. The van der Waals surface area contributed by atoms with Crippen LogP contribution >= 0.6 is 0 Å². The maximum atomic E-state index is 5.70. The normalized spacial score (nSPS) is 39.2. The average molecular weight is 254 g/mol. The predicted octanol–water partition coefficient (Wildman–Crippen LogP) is 2.26. The molecule has 3 atom stereocenters. The van der Waals surface area contributed by atoms with Gasteiger partial charge in [0.05, 0.1) is 6.61 Å². The monoisotopic (exact) mass is 254 g/mol. The van der Waals surface area contributed by atoms with E-state index >= 15 is 0 Å². The van der Waals surface area contributed by atoms with Gasteiger partial charge >= 0.3 is 0 Å². The molecule has 3 nitrogen and oxygen atoms in total. The third kappa shape index (κ3) is 3.06. The van der Waals surface area contributed by atoms with E-state index in [1.807, 2.05) is 0 Å². The van der Waals surface area contributed by atoms with Crippen molar-refractivity contribution in [2.24, 2.45) is 5.92 Å². The first kappa shape index (κ1) is 14.3. The van der Waals surface area contributed by atoms with Crippen LogP contribution in [0.15, 0.2) is 0 Å². The lowest BCUT2D eigenvalue weighted by molar-refractivity contribution is -0.0390. The minimum absolute atomic E-state index is 0.281. The largest absolute Gasteiger partial charge is 0.380 e. The summed E-state index contributed by atoms with van der Waals surface area (Å²) in [6, 6.07) is 1.30. The summed E-state index contributed by atoms with van der Waals surface area (Å²) in [7, 11) is 0. The van der Waals surface area contributed by atoms with Crippen LogP contribution in [0.5, 0.6) is 0 Å². The zero-order valence-corrected chi connectivity index (χ0v) is 12.5. The lowest BCUT2D eigenvalue weighted by atomic mass is 9.88. The Balaban J connectivity index is 2.08. The molecule has 0 aromatic heterocycles. The van der Waals surface area contributed by atoms with Crippen LogP contribution in [-0.4, -0.2) is 48.8 Å². The molecule has 0 radical (unpaired) electrons. The second-order valence-corrected chi connectivity index (χ2v) is 6.65. The summed E-state index contributed by atoms with van der Waals surface area (Å²) in [5.41, 5.74) is 0.281. The summed E-state index contributed by atoms with van der Waals surface area (Å²) in [6.45, 7) is 13.5. The molecule has 0 amide bonds. The van der Waals surface area contributed by atoms with Crippen LogP contribution in [0.2, 0.25) is 0 Å². The van der Waals surface area contributed by atoms with E-state index in [9.17, 15) is 0 Å². The molecule has 0 saturated carbocycles. The molecule has 1 N–H and O–H groups in total. The highest BCUT2D eigenvalue weighted by Crippen LogP contribution is 2.27. The molecule has 2 heterocycles. The number of hydrogen-bond acceptors (Lipinski definition) is 3. The minimum atomic E-state index is 0.281. The van der Waals surface area contributed by atoms with Crippen LogP contribution in [0.1, 0.15) is 47.0 Å². The van der Waals surface area contributed by atoms with Gasteiger partial charge in [-0.05, 0) is 32.1 Å². The van der Waals surface area contributed by atoms with Crippen molar-refractivity contribution in [3.8, 4) is 0 Å². The van der Waals surface area contributed by atoms with Gasteiger partial charge in [0.1, 0.15) is 0 Å². The van der Waals surface area contributed by atoms with Gasteiger partial charge in [-0.2, -0.15) is 0 Å². The van der Waals surface area contributed by atoms with Crippen molar-refractivity contribution in [2.75, 3.05) is 26.3 Å². The highest BCUT2D eigenvalue weighted by molar-refractivity contribution is 4.98. The molecule has 0 aromatic carbocycles. The van der Waals surface area contributed by atoms with E-state index in [1.54, 1.807) is 0 Å². The van der Waals surface area contributed by atoms with E-state index in [2.05, 4.69) is 37.9 Å². The fourth-order valence-electron chi connectivity index (χ4n) is 3.28. The first-order chi connectivity index (χ1) is 8.56. The zero-order chi connectivity index (χ0) is 13.2. The van der Waals surface area contributed by atoms with Crippen LogP contribution in [0.4, 0.5) is 0 Å². The minimum Gasteiger partial charge on any atom is -0.380 e. The van der Waals surface area contributed by atoms with Crippen LogP contribution < -0.4 is 5.32 Å². The Morgan fingerprint density at radius 2 is 2.22 bits per heavy atom. The van der Waals surface area contributed by atoms with Crippen molar-refractivity contribution >= 4 is 0 Å². The molecule has 3 heteroatoms. The summed E-state index contributed by atoms with van der Waals surface area (Å²) in [5, 5.41) is 3.76. The molecule has 0 aromatic rings. The van der Waals surface area contributed by atoms with Crippen molar-refractivity contribution in [2.45, 2.75) is 64.6 Å². The molecule has 2 fully saturated rings. The summed E-state index contributed by atoms with van der Waals surface area (Å²) in [6.07, 6.45) is 3.73. The van der Waals surface area contributed by atoms with Gasteiger partial charge in [0.2, 0.25) is 0 Å². The molecule has 2 saturated heterocycles. The highest BCUT2D eigenvalue weighted by Gasteiger charge is 2.39. The highest BCUT2D eigenvalue weighted by atomic mass is 16.5. The number of rotatable bonds is 3. The number of ether oxygens (including phenoxy) is 1. The first-order valence-corrected chi connectivity index (χ1v) is 7.64. The van der Waals surface area contributed by atoms with Crippen molar-refractivity contribution in [3.05, 3.63) is 0 Å². The van der Waals surface area contributed by atoms with Crippen LogP contribution in [0, 0.1) is 5.92 Å². The van der Waals surface area contributed by atoms with E-state index < -0.39 is 0 Å². The SMILES string of the molecule is CCC1(C)CN(C2CCCOC2)C(C(C)C)CN1. The smallest absolute Gasteiger partial charge is 0.0621 e. The Bertz CT molecular complexity index is 263.